The fraction of sp³-hybridized carbons (Fsp3) is 0.333. The Morgan fingerprint density at radius 2 is 2.19 bits per heavy atom. The minimum atomic E-state index is -0.0320. The van der Waals surface area contributed by atoms with Crippen LogP contribution in [-0.4, -0.2) is 18.8 Å². The van der Waals surface area contributed by atoms with Crippen molar-refractivity contribution in [1.82, 2.24) is 0 Å². The second-order valence-corrected chi connectivity index (χ2v) is 4.37. The first-order valence-electron chi connectivity index (χ1n) is 4.83. The summed E-state index contributed by atoms with van der Waals surface area (Å²) in [5.41, 5.74) is 1.70. The molecule has 0 saturated carbocycles. The molecule has 3 nitrogen and oxygen atoms in total. The van der Waals surface area contributed by atoms with Crippen molar-refractivity contribution >= 4 is 15.9 Å². The van der Waals surface area contributed by atoms with E-state index in [0.717, 1.165) is 15.6 Å². The summed E-state index contributed by atoms with van der Waals surface area (Å²) in [4.78, 5) is 0. The molecule has 1 rings (SSSR count). The maximum atomic E-state index is 9.06. The van der Waals surface area contributed by atoms with E-state index in [2.05, 4.69) is 22.5 Å². The highest BCUT2D eigenvalue weighted by Gasteiger charge is 2.11. The first-order valence-corrected chi connectivity index (χ1v) is 5.62. The summed E-state index contributed by atoms with van der Waals surface area (Å²) in [6.07, 6.45) is 0. The van der Waals surface area contributed by atoms with Gasteiger partial charge < -0.3 is 14.6 Å². The number of aliphatic hydroxyl groups is 1. The van der Waals surface area contributed by atoms with E-state index in [-0.39, 0.29) is 6.61 Å². The fourth-order valence-corrected chi connectivity index (χ4v) is 1.80. The molecule has 0 unspecified atom stereocenters. The van der Waals surface area contributed by atoms with Crippen LogP contribution in [0, 0.1) is 0 Å². The average Bonchev–Trinajstić information content (AvgIpc) is 2.26. The van der Waals surface area contributed by atoms with Crippen LogP contribution in [0.4, 0.5) is 0 Å². The van der Waals surface area contributed by atoms with Crippen molar-refractivity contribution in [3.8, 4) is 11.5 Å². The van der Waals surface area contributed by atoms with E-state index in [0.29, 0.717) is 18.1 Å². The average molecular weight is 287 g/mol. The number of halogens is 1. The number of rotatable bonds is 5. The molecule has 0 bridgehead atoms. The van der Waals surface area contributed by atoms with Gasteiger partial charge in [-0.1, -0.05) is 6.58 Å². The Balaban J connectivity index is 3.01. The highest BCUT2D eigenvalue weighted by atomic mass is 79.9. The van der Waals surface area contributed by atoms with Gasteiger partial charge in [-0.15, -0.1) is 0 Å². The van der Waals surface area contributed by atoms with Crippen molar-refractivity contribution in [2.75, 3.05) is 13.7 Å². The number of benzene rings is 1. The van der Waals surface area contributed by atoms with E-state index < -0.39 is 0 Å². The van der Waals surface area contributed by atoms with Crippen molar-refractivity contribution in [2.24, 2.45) is 0 Å². The van der Waals surface area contributed by atoms with Crippen molar-refractivity contribution in [3.05, 3.63) is 34.3 Å². The highest BCUT2D eigenvalue weighted by molar-refractivity contribution is 9.10. The predicted molar refractivity (Wildman–Crippen MR) is 66.9 cm³/mol. The quantitative estimate of drug-likeness (QED) is 0.846. The minimum Gasteiger partial charge on any atom is -0.493 e. The molecule has 0 fully saturated rings. The summed E-state index contributed by atoms with van der Waals surface area (Å²) < 4.78 is 11.5. The molecule has 1 aromatic rings. The smallest absolute Gasteiger partial charge is 0.175 e. The summed E-state index contributed by atoms with van der Waals surface area (Å²) in [6.45, 7) is 6.07. The van der Waals surface area contributed by atoms with Crippen LogP contribution in [0.5, 0.6) is 11.5 Å². The molecule has 0 saturated heterocycles. The van der Waals surface area contributed by atoms with E-state index in [1.54, 1.807) is 19.2 Å². The fourth-order valence-electron chi connectivity index (χ4n) is 1.20. The first kappa shape index (κ1) is 13.1. The van der Waals surface area contributed by atoms with Gasteiger partial charge in [-0.05, 0) is 46.1 Å². The molecule has 0 amide bonds. The predicted octanol–water partition coefficient (Wildman–Crippen LogP) is 2.90. The van der Waals surface area contributed by atoms with Crippen molar-refractivity contribution < 1.29 is 14.6 Å². The molecule has 0 radical (unpaired) electrons. The molecule has 0 spiro atoms. The Hall–Kier alpha value is -1.00. The van der Waals surface area contributed by atoms with Crippen LogP contribution in [-0.2, 0) is 6.61 Å². The molecule has 1 aromatic carbocycles. The second-order valence-electron chi connectivity index (χ2n) is 3.51. The zero-order chi connectivity index (χ0) is 12.1. The van der Waals surface area contributed by atoms with Gasteiger partial charge in [0, 0.05) is 0 Å². The van der Waals surface area contributed by atoms with Crippen LogP contribution in [0.2, 0.25) is 0 Å². The molecule has 4 heteroatoms. The van der Waals surface area contributed by atoms with Gasteiger partial charge in [0.15, 0.2) is 11.5 Å². The summed E-state index contributed by atoms with van der Waals surface area (Å²) in [5, 5.41) is 9.06. The van der Waals surface area contributed by atoms with Crippen molar-refractivity contribution in [2.45, 2.75) is 13.5 Å². The van der Waals surface area contributed by atoms with Gasteiger partial charge in [-0.25, -0.2) is 0 Å². The maximum absolute atomic E-state index is 9.06. The number of ether oxygens (including phenoxy) is 2. The number of aliphatic hydroxyl groups excluding tert-OH is 1. The number of hydrogen-bond donors (Lipinski definition) is 1. The largest absolute Gasteiger partial charge is 0.493 e. The molecule has 0 aliphatic carbocycles. The van der Waals surface area contributed by atoms with Gasteiger partial charge in [0.2, 0.25) is 0 Å². The van der Waals surface area contributed by atoms with Crippen LogP contribution >= 0.6 is 15.9 Å². The summed E-state index contributed by atoms with van der Waals surface area (Å²) >= 11 is 3.38. The Morgan fingerprint density at radius 3 is 2.69 bits per heavy atom. The topological polar surface area (TPSA) is 38.7 Å². The lowest BCUT2D eigenvalue weighted by Crippen LogP contribution is -2.01. The second kappa shape index (κ2) is 5.92. The minimum absolute atomic E-state index is 0.0320. The lowest BCUT2D eigenvalue weighted by molar-refractivity contribution is 0.279. The Labute approximate surface area is 104 Å². The molecule has 0 aromatic heterocycles. The SMILES string of the molecule is C=C(C)COc1c(Br)cc(CO)cc1OC. The van der Waals surface area contributed by atoms with Gasteiger partial charge in [-0.2, -0.15) is 0 Å². The third-order valence-electron chi connectivity index (χ3n) is 1.93. The van der Waals surface area contributed by atoms with E-state index >= 15 is 0 Å². The van der Waals surface area contributed by atoms with E-state index in [1.165, 1.54) is 0 Å². The highest BCUT2D eigenvalue weighted by Crippen LogP contribution is 2.36. The molecule has 16 heavy (non-hydrogen) atoms. The summed E-state index contributed by atoms with van der Waals surface area (Å²) in [5.74, 6) is 1.22. The third kappa shape index (κ3) is 3.25. The van der Waals surface area contributed by atoms with Crippen molar-refractivity contribution in [1.29, 1.82) is 0 Å². The molecule has 0 aliphatic heterocycles. The van der Waals surface area contributed by atoms with Gasteiger partial charge in [-0.3, -0.25) is 0 Å². The Morgan fingerprint density at radius 1 is 1.50 bits per heavy atom. The summed E-state index contributed by atoms with van der Waals surface area (Å²) in [6, 6.07) is 3.55. The van der Waals surface area contributed by atoms with Crippen LogP contribution in [0.25, 0.3) is 0 Å². The maximum Gasteiger partial charge on any atom is 0.175 e. The third-order valence-corrected chi connectivity index (χ3v) is 2.52. The van der Waals surface area contributed by atoms with Crippen LogP contribution in [0.3, 0.4) is 0 Å². The Kier molecular flexibility index (Phi) is 4.83. The molecule has 0 aliphatic rings. The van der Waals surface area contributed by atoms with Crippen LogP contribution in [0.15, 0.2) is 28.8 Å². The molecule has 1 N–H and O–H groups in total. The van der Waals surface area contributed by atoms with E-state index in [1.807, 2.05) is 6.92 Å². The van der Waals surface area contributed by atoms with Crippen LogP contribution in [0.1, 0.15) is 12.5 Å². The van der Waals surface area contributed by atoms with Gasteiger partial charge >= 0.3 is 0 Å². The lowest BCUT2D eigenvalue weighted by atomic mass is 10.2. The van der Waals surface area contributed by atoms with Crippen molar-refractivity contribution in [3.63, 3.8) is 0 Å². The monoisotopic (exact) mass is 286 g/mol. The standard InChI is InChI=1S/C12H15BrO3/c1-8(2)7-16-12-10(13)4-9(6-14)5-11(12)15-3/h4-5,14H,1,6-7H2,2-3H3. The van der Waals surface area contributed by atoms with Gasteiger partial charge in [0.05, 0.1) is 18.2 Å². The molecular weight excluding hydrogens is 272 g/mol. The molecule has 88 valence electrons. The Bertz CT molecular complexity index is 388. The molecule has 0 heterocycles. The summed E-state index contributed by atoms with van der Waals surface area (Å²) in [7, 11) is 1.57. The van der Waals surface area contributed by atoms with E-state index in [9.17, 15) is 0 Å². The zero-order valence-corrected chi connectivity index (χ0v) is 11.0. The zero-order valence-electron chi connectivity index (χ0n) is 9.42. The number of methoxy groups -OCH3 is 1. The van der Waals surface area contributed by atoms with Crippen LogP contribution < -0.4 is 9.47 Å². The lowest BCUT2D eigenvalue weighted by Gasteiger charge is -2.13. The molecule has 0 atom stereocenters. The first-order chi connectivity index (χ1) is 7.58. The normalized spacial score (nSPS) is 10.0. The van der Waals surface area contributed by atoms with Gasteiger partial charge in [0.25, 0.3) is 0 Å². The number of hydrogen-bond acceptors (Lipinski definition) is 3. The van der Waals surface area contributed by atoms with E-state index in [4.69, 9.17) is 14.6 Å². The molecular formula is C12H15BrO3. The van der Waals surface area contributed by atoms with Gasteiger partial charge in [0.1, 0.15) is 6.61 Å².